The molecule has 0 aliphatic carbocycles. The van der Waals surface area contributed by atoms with E-state index in [4.69, 9.17) is 4.74 Å². The summed E-state index contributed by atoms with van der Waals surface area (Å²) in [6.07, 6.45) is 1.57. The second-order valence-electron chi connectivity index (χ2n) is 4.93. The van der Waals surface area contributed by atoms with Crippen molar-refractivity contribution in [2.75, 3.05) is 11.9 Å². The summed E-state index contributed by atoms with van der Waals surface area (Å²) in [5.74, 6) is 0.374. The Kier molecular flexibility index (Phi) is 4.96. The van der Waals surface area contributed by atoms with E-state index in [0.29, 0.717) is 5.75 Å². The lowest BCUT2D eigenvalue weighted by Gasteiger charge is -2.13. The maximum absolute atomic E-state index is 12.0. The molecule has 1 amide bonds. The molecule has 5 heteroatoms. The molecule has 0 spiro atoms. The van der Waals surface area contributed by atoms with Crippen molar-refractivity contribution in [3.05, 3.63) is 51.8 Å². The van der Waals surface area contributed by atoms with Crippen LogP contribution in [0.4, 0.5) is 5.69 Å². The van der Waals surface area contributed by atoms with Crippen LogP contribution in [0.3, 0.4) is 0 Å². The number of halogens is 1. The average molecular weight is 349 g/mol. The molecule has 1 N–H and O–H groups in total. The lowest BCUT2D eigenvalue weighted by molar-refractivity contribution is -0.118. The van der Waals surface area contributed by atoms with E-state index < -0.39 is 0 Å². The Balaban J connectivity index is 1.97. The van der Waals surface area contributed by atoms with Crippen LogP contribution in [-0.2, 0) is 4.79 Å². The molecule has 1 heterocycles. The first kappa shape index (κ1) is 15.5. The third-order valence-corrected chi connectivity index (χ3v) is 3.48. The summed E-state index contributed by atoms with van der Waals surface area (Å²) in [7, 11) is 0. The van der Waals surface area contributed by atoms with Crippen molar-refractivity contribution in [1.29, 1.82) is 0 Å². The molecular weight excluding hydrogens is 332 g/mol. The number of ether oxygens (including phenoxy) is 1. The highest BCUT2D eigenvalue weighted by Gasteiger charge is 2.09. The van der Waals surface area contributed by atoms with Crippen LogP contribution in [0.2, 0.25) is 0 Å². The molecule has 2 aromatic rings. The maximum atomic E-state index is 12.0. The highest BCUT2D eigenvalue weighted by Crippen LogP contribution is 2.22. The zero-order valence-corrected chi connectivity index (χ0v) is 13.8. The monoisotopic (exact) mass is 348 g/mol. The van der Waals surface area contributed by atoms with Crippen molar-refractivity contribution in [3.8, 4) is 5.75 Å². The summed E-state index contributed by atoms with van der Waals surface area (Å²) in [6.45, 7) is 5.95. The molecular formula is C16H17BrN2O2. The Morgan fingerprint density at radius 2 is 1.90 bits per heavy atom. The molecule has 0 unspecified atom stereocenters. The fraction of sp³-hybridized carbons (Fsp3) is 0.250. The predicted molar refractivity (Wildman–Crippen MR) is 86.7 cm³/mol. The van der Waals surface area contributed by atoms with E-state index in [-0.39, 0.29) is 12.5 Å². The molecule has 0 aliphatic rings. The zero-order chi connectivity index (χ0) is 15.4. The fourth-order valence-electron chi connectivity index (χ4n) is 2.15. The van der Waals surface area contributed by atoms with Gasteiger partial charge in [0.05, 0.1) is 6.20 Å². The Morgan fingerprint density at radius 3 is 2.48 bits per heavy atom. The lowest BCUT2D eigenvalue weighted by Crippen LogP contribution is -2.21. The SMILES string of the molecule is Cc1cc(C)c(NC(=O)COc2ccc(Br)nc2)c(C)c1. The smallest absolute Gasteiger partial charge is 0.262 e. The Labute approximate surface area is 132 Å². The minimum atomic E-state index is -0.187. The van der Waals surface area contributed by atoms with Crippen LogP contribution in [0.15, 0.2) is 35.1 Å². The van der Waals surface area contributed by atoms with Gasteiger partial charge in [-0.3, -0.25) is 4.79 Å². The zero-order valence-electron chi connectivity index (χ0n) is 12.2. The molecule has 0 fully saturated rings. The summed E-state index contributed by atoms with van der Waals surface area (Å²) in [4.78, 5) is 16.0. The number of anilines is 1. The van der Waals surface area contributed by atoms with Gasteiger partial charge >= 0.3 is 0 Å². The molecule has 0 aliphatic heterocycles. The predicted octanol–water partition coefficient (Wildman–Crippen LogP) is 3.79. The first-order valence-corrected chi connectivity index (χ1v) is 7.37. The Bertz CT molecular complexity index is 631. The van der Waals surface area contributed by atoms with Crippen LogP contribution in [-0.4, -0.2) is 17.5 Å². The average Bonchev–Trinajstić information content (AvgIpc) is 2.42. The first-order valence-electron chi connectivity index (χ1n) is 6.58. The number of benzene rings is 1. The first-order chi connectivity index (χ1) is 9.95. The van der Waals surface area contributed by atoms with E-state index in [1.54, 1.807) is 18.3 Å². The number of pyridine rings is 1. The fourth-order valence-corrected chi connectivity index (χ4v) is 2.38. The quantitative estimate of drug-likeness (QED) is 0.855. The summed E-state index contributed by atoms with van der Waals surface area (Å²) < 4.78 is 6.13. The third-order valence-electron chi connectivity index (χ3n) is 3.01. The number of carbonyl (C=O) groups is 1. The third kappa shape index (κ3) is 4.29. The molecule has 21 heavy (non-hydrogen) atoms. The van der Waals surface area contributed by atoms with Crippen molar-refractivity contribution >= 4 is 27.5 Å². The number of rotatable bonds is 4. The van der Waals surface area contributed by atoms with Crippen LogP contribution in [0.1, 0.15) is 16.7 Å². The van der Waals surface area contributed by atoms with Crippen molar-refractivity contribution in [3.63, 3.8) is 0 Å². The van der Waals surface area contributed by atoms with Crippen molar-refractivity contribution in [2.45, 2.75) is 20.8 Å². The van der Waals surface area contributed by atoms with Crippen LogP contribution in [0, 0.1) is 20.8 Å². The minimum absolute atomic E-state index is 0.0456. The highest BCUT2D eigenvalue weighted by molar-refractivity contribution is 9.10. The second kappa shape index (κ2) is 6.72. The van der Waals surface area contributed by atoms with E-state index in [9.17, 15) is 4.79 Å². The lowest BCUT2D eigenvalue weighted by atomic mass is 10.1. The van der Waals surface area contributed by atoms with Gasteiger partial charge in [0.1, 0.15) is 10.4 Å². The van der Waals surface area contributed by atoms with Gasteiger partial charge in [-0.2, -0.15) is 0 Å². The Hall–Kier alpha value is -1.88. The Morgan fingerprint density at radius 1 is 1.24 bits per heavy atom. The van der Waals surface area contributed by atoms with Crippen LogP contribution in [0.25, 0.3) is 0 Å². The van der Waals surface area contributed by atoms with Gasteiger partial charge in [0.2, 0.25) is 0 Å². The van der Waals surface area contributed by atoms with Gasteiger partial charge in [0, 0.05) is 5.69 Å². The summed E-state index contributed by atoms with van der Waals surface area (Å²) in [5, 5.41) is 2.89. The van der Waals surface area contributed by atoms with E-state index in [0.717, 1.165) is 21.4 Å². The van der Waals surface area contributed by atoms with Gasteiger partial charge in [-0.25, -0.2) is 4.98 Å². The molecule has 1 aromatic heterocycles. The number of nitrogens with zero attached hydrogens (tertiary/aromatic N) is 1. The largest absolute Gasteiger partial charge is 0.482 e. The summed E-state index contributed by atoms with van der Waals surface area (Å²) >= 11 is 3.25. The number of aromatic nitrogens is 1. The van der Waals surface area contributed by atoms with Crippen molar-refractivity contribution < 1.29 is 9.53 Å². The molecule has 2 rings (SSSR count). The number of hydrogen-bond acceptors (Lipinski definition) is 3. The van der Waals surface area contributed by atoms with Gasteiger partial charge in [-0.1, -0.05) is 17.7 Å². The van der Waals surface area contributed by atoms with Crippen molar-refractivity contribution in [2.24, 2.45) is 0 Å². The van der Waals surface area contributed by atoms with Crippen molar-refractivity contribution in [1.82, 2.24) is 4.98 Å². The number of hydrogen-bond donors (Lipinski definition) is 1. The van der Waals surface area contributed by atoms with Crippen LogP contribution < -0.4 is 10.1 Å². The van der Waals surface area contributed by atoms with Gasteiger partial charge in [-0.15, -0.1) is 0 Å². The van der Waals surface area contributed by atoms with Gasteiger partial charge in [-0.05, 0) is 60.0 Å². The normalized spacial score (nSPS) is 10.3. The summed E-state index contributed by atoms with van der Waals surface area (Å²) in [6, 6.07) is 7.61. The molecule has 110 valence electrons. The number of aryl methyl sites for hydroxylation is 3. The molecule has 0 atom stereocenters. The second-order valence-corrected chi connectivity index (χ2v) is 5.74. The molecule has 0 radical (unpaired) electrons. The van der Waals surface area contributed by atoms with E-state index in [1.807, 2.05) is 32.9 Å². The van der Waals surface area contributed by atoms with Crippen LogP contribution in [0.5, 0.6) is 5.75 Å². The number of carbonyl (C=O) groups excluding carboxylic acids is 1. The minimum Gasteiger partial charge on any atom is -0.482 e. The number of amides is 1. The van der Waals surface area contributed by atoms with Gasteiger partial charge in [0.25, 0.3) is 5.91 Å². The molecule has 0 saturated heterocycles. The standard InChI is InChI=1S/C16H17BrN2O2/c1-10-6-11(2)16(12(3)7-10)19-15(20)9-21-13-4-5-14(17)18-8-13/h4-8H,9H2,1-3H3,(H,19,20). The van der Waals surface area contributed by atoms with Gasteiger partial charge in [0.15, 0.2) is 6.61 Å². The molecule has 4 nitrogen and oxygen atoms in total. The van der Waals surface area contributed by atoms with Crippen LogP contribution >= 0.6 is 15.9 Å². The maximum Gasteiger partial charge on any atom is 0.262 e. The number of nitrogens with one attached hydrogen (secondary N) is 1. The topological polar surface area (TPSA) is 51.2 Å². The van der Waals surface area contributed by atoms with E-state index in [1.165, 1.54) is 5.56 Å². The molecule has 0 saturated carbocycles. The summed E-state index contributed by atoms with van der Waals surface area (Å²) in [5.41, 5.74) is 4.13. The van der Waals surface area contributed by atoms with Gasteiger partial charge < -0.3 is 10.1 Å². The van der Waals surface area contributed by atoms with E-state index >= 15 is 0 Å². The van der Waals surface area contributed by atoms with E-state index in [2.05, 4.69) is 26.2 Å². The molecule has 0 bridgehead atoms. The highest BCUT2D eigenvalue weighted by atomic mass is 79.9. The molecule has 1 aromatic carbocycles.